The van der Waals surface area contributed by atoms with Crippen molar-refractivity contribution >= 4 is 45.1 Å². The van der Waals surface area contributed by atoms with Gasteiger partial charge in [-0.1, -0.05) is 0 Å². The lowest BCUT2D eigenvalue weighted by atomic mass is 9.99. The summed E-state index contributed by atoms with van der Waals surface area (Å²) < 4.78 is 47.2. The summed E-state index contributed by atoms with van der Waals surface area (Å²) in [7, 11) is 0. The molecular formula is C27H34F2IN7O3. The van der Waals surface area contributed by atoms with Crippen molar-refractivity contribution in [2.24, 2.45) is 0 Å². The number of alkyl halides is 2. The summed E-state index contributed by atoms with van der Waals surface area (Å²) >= 11 is 2.28. The van der Waals surface area contributed by atoms with Crippen LogP contribution in [0.15, 0.2) is 18.3 Å². The fourth-order valence-corrected chi connectivity index (χ4v) is 7.59. The SMILES string of the molecule is C[C@@H]1CC(OC(F)F)CCN1c1cc(N2C3CCC2COC3)nc2c1c(I)nn2-c1ccn(C2CCCCO2)n1. The van der Waals surface area contributed by atoms with Crippen LogP contribution in [0.3, 0.4) is 0 Å². The van der Waals surface area contributed by atoms with Crippen molar-refractivity contribution in [1.29, 1.82) is 0 Å². The van der Waals surface area contributed by atoms with Crippen LogP contribution in [0.4, 0.5) is 20.3 Å². The van der Waals surface area contributed by atoms with Gasteiger partial charge < -0.3 is 24.0 Å². The van der Waals surface area contributed by atoms with E-state index < -0.39 is 12.7 Å². The van der Waals surface area contributed by atoms with E-state index in [0.717, 1.165) is 65.0 Å². The van der Waals surface area contributed by atoms with Crippen molar-refractivity contribution < 1.29 is 23.0 Å². The average molecular weight is 670 g/mol. The molecular weight excluding hydrogens is 635 g/mol. The number of piperidine rings is 1. The van der Waals surface area contributed by atoms with Gasteiger partial charge in [-0.15, -0.1) is 0 Å². The Morgan fingerprint density at radius 3 is 2.62 bits per heavy atom. The van der Waals surface area contributed by atoms with Crippen molar-refractivity contribution in [2.75, 3.05) is 36.2 Å². The van der Waals surface area contributed by atoms with Gasteiger partial charge in [0.2, 0.25) is 0 Å². The smallest absolute Gasteiger partial charge is 0.345 e. The van der Waals surface area contributed by atoms with E-state index in [2.05, 4.69) is 45.4 Å². The van der Waals surface area contributed by atoms with Crippen molar-refractivity contribution in [1.82, 2.24) is 24.5 Å². The van der Waals surface area contributed by atoms with E-state index in [1.165, 1.54) is 0 Å². The average Bonchev–Trinajstić information content (AvgIpc) is 3.63. The molecule has 40 heavy (non-hydrogen) atoms. The van der Waals surface area contributed by atoms with E-state index in [0.29, 0.717) is 38.4 Å². The van der Waals surface area contributed by atoms with E-state index in [1.54, 1.807) is 0 Å². The lowest BCUT2D eigenvalue weighted by molar-refractivity contribution is -0.168. The Hall–Kier alpha value is -2.10. The van der Waals surface area contributed by atoms with Crippen molar-refractivity contribution in [3.8, 4) is 5.82 Å². The fraction of sp³-hybridized carbons (Fsp3) is 0.667. The molecule has 0 radical (unpaired) electrons. The first-order valence-corrected chi connectivity index (χ1v) is 15.4. The highest BCUT2D eigenvalue weighted by Crippen LogP contribution is 2.41. The molecule has 2 bridgehead atoms. The normalized spacial score (nSPS) is 29.2. The summed E-state index contributed by atoms with van der Waals surface area (Å²) in [5.41, 5.74) is 1.77. The monoisotopic (exact) mass is 669 g/mol. The summed E-state index contributed by atoms with van der Waals surface area (Å²) in [6.07, 6.45) is 7.79. The van der Waals surface area contributed by atoms with E-state index in [1.807, 2.05) is 21.6 Å². The quantitative estimate of drug-likeness (QED) is 0.344. The van der Waals surface area contributed by atoms with Gasteiger partial charge in [0, 0.05) is 37.5 Å². The summed E-state index contributed by atoms with van der Waals surface area (Å²) in [5.74, 6) is 1.60. The van der Waals surface area contributed by atoms with Crippen LogP contribution in [0.5, 0.6) is 0 Å². The molecule has 4 fully saturated rings. The van der Waals surface area contributed by atoms with Crippen molar-refractivity contribution in [2.45, 2.75) is 88.9 Å². The summed E-state index contributed by atoms with van der Waals surface area (Å²) in [6, 6.07) is 4.73. The molecule has 7 rings (SSSR count). The molecule has 0 amide bonds. The number of hydrogen-bond donors (Lipinski definition) is 0. The minimum atomic E-state index is -2.75. The number of fused-ring (bicyclic) bond motifs is 3. The summed E-state index contributed by atoms with van der Waals surface area (Å²) in [5, 5.41) is 10.7. The Labute approximate surface area is 245 Å². The van der Waals surface area contributed by atoms with Gasteiger partial charge in [0.15, 0.2) is 11.5 Å². The number of anilines is 2. The van der Waals surface area contributed by atoms with Crippen molar-refractivity contribution in [3.63, 3.8) is 0 Å². The Morgan fingerprint density at radius 1 is 1.07 bits per heavy atom. The number of aromatic nitrogens is 5. The van der Waals surface area contributed by atoms with Crippen LogP contribution in [-0.4, -0.2) is 81.8 Å². The fourth-order valence-electron chi connectivity index (χ4n) is 6.85. The number of hydrogen-bond acceptors (Lipinski definition) is 8. The lowest BCUT2D eigenvalue weighted by Gasteiger charge is -2.40. The van der Waals surface area contributed by atoms with Crippen LogP contribution in [0.2, 0.25) is 0 Å². The van der Waals surface area contributed by atoms with Gasteiger partial charge in [0.05, 0.1) is 42.5 Å². The third kappa shape index (κ3) is 4.86. The molecule has 7 heterocycles. The molecule has 4 saturated heterocycles. The highest BCUT2D eigenvalue weighted by atomic mass is 127. The third-order valence-corrected chi connectivity index (χ3v) is 9.52. The second-order valence-electron chi connectivity index (χ2n) is 11.3. The second-order valence-corrected chi connectivity index (χ2v) is 12.3. The summed E-state index contributed by atoms with van der Waals surface area (Å²) in [4.78, 5) is 9.96. The zero-order valence-corrected chi connectivity index (χ0v) is 24.6. The maximum Gasteiger partial charge on any atom is 0.345 e. The molecule has 0 spiro atoms. The molecule has 5 atom stereocenters. The largest absolute Gasteiger partial charge is 0.377 e. The lowest BCUT2D eigenvalue weighted by Crippen LogP contribution is -2.47. The van der Waals surface area contributed by atoms with Gasteiger partial charge in [-0.25, -0.2) is 9.67 Å². The number of morpholine rings is 1. The predicted octanol–water partition coefficient (Wildman–Crippen LogP) is 4.88. The Morgan fingerprint density at radius 2 is 1.90 bits per heavy atom. The number of ether oxygens (including phenoxy) is 3. The van der Waals surface area contributed by atoms with E-state index >= 15 is 0 Å². The minimum Gasteiger partial charge on any atom is -0.377 e. The Bertz CT molecular complexity index is 1350. The highest BCUT2D eigenvalue weighted by molar-refractivity contribution is 14.1. The Balaban J connectivity index is 1.31. The van der Waals surface area contributed by atoms with Crippen LogP contribution >= 0.6 is 22.6 Å². The molecule has 4 unspecified atom stereocenters. The van der Waals surface area contributed by atoms with Crippen LogP contribution in [-0.2, 0) is 14.2 Å². The molecule has 10 nitrogen and oxygen atoms in total. The van der Waals surface area contributed by atoms with Crippen LogP contribution < -0.4 is 9.80 Å². The zero-order valence-electron chi connectivity index (χ0n) is 22.5. The topological polar surface area (TPSA) is 82.7 Å². The van der Waals surface area contributed by atoms with Gasteiger partial charge in [-0.05, 0) is 74.5 Å². The maximum atomic E-state index is 13.0. The maximum absolute atomic E-state index is 13.0. The van der Waals surface area contributed by atoms with Gasteiger partial charge in [-0.2, -0.15) is 23.7 Å². The van der Waals surface area contributed by atoms with Gasteiger partial charge in [0.1, 0.15) is 15.7 Å². The molecule has 3 aromatic rings. The first kappa shape index (κ1) is 26.8. The molecule has 4 aliphatic heterocycles. The van der Waals surface area contributed by atoms with Crippen LogP contribution in [0.1, 0.15) is 58.1 Å². The van der Waals surface area contributed by atoms with Crippen LogP contribution in [0.25, 0.3) is 16.9 Å². The van der Waals surface area contributed by atoms with Gasteiger partial charge in [0.25, 0.3) is 0 Å². The van der Waals surface area contributed by atoms with E-state index in [9.17, 15) is 8.78 Å². The zero-order chi connectivity index (χ0) is 27.4. The second kappa shape index (κ2) is 11.0. The number of halogens is 3. The minimum absolute atomic E-state index is 0.0131. The van der Waals surface area contributed by atoms with Gasteiger partial charge in [-0.3, -0.25) is 0 Å². The molecule has 0 saturated carbocycles. The third-order valence-electron chi connectivity index (χ3n) is 8.76. The molecule has 13 heteroatoms. The standard InChI is InChI=1S/C27H34F2IN7O3/c1-16-12-19(40-27(28)29)7-9-34(16)20-13-22(36-17-5-6-18(36)15-38-14-17)31-26-24(20)25(30)33-37(26)21-8-10-35(32-21)23-4-2-3-11-39-23/h8,10,13,16-19,23,27H,2-7,9,11-12,14-15H2,1H3/t16-,17?,18?,19?,23?/m1/s1. The molecule has 0 N–H and O–H groups in total. The molecule has 216 valence electrons. The number of pyridine rings is 1. The highest BCUT2D eigenvalue weighted by Gasteiger charge is 2.39. The molecule has 0 aliphatic carbocycles. The van der Waals surface area contributed by atoms with Gasteiger partial charge >= 0.3 is 6.61 Å². The first-order valence-electron chi connectivity index (χ1n) is 14.3. The number of nitrogens with zero attached hydrogens (tertiary/aromatic N) is 7. The molecule has 3 aromatic heterocycles. The van der Waals surface area contributed by atoms with Crippen LogP contribution in [0, 0.1) is 3.70 Å². The molecule has 4 aliphatic rings. The predicted molar refractivity (Wildman–Crippen MR) is 153 cm³/mol. The first-order chi connectivity index (χ1) is 19.5. The number of rotatable bonds is 6. The van der Waals surface area contributed by atoms with Crippen molar-refractivity contribution in [3.05, 3.63) is 22.0 Å². The molecule has 0 aromatic carbocycles. The summed E-state index contributed by atoms with van der Waals surface area (Å²) in [6.45, 7) is 2.08. The van der Waals surface area contributed by atoms with E-state index in [4.69, 9.17) is 29.4 Å². The Kier molecular flexibility index (Phi) is 7.33. The van der Waals surface area contributed by atoms with E-state index in [-0.39, 0.29) is 24.4 Å².